The predicted molar refractivity (Wildman–Crippen MR) is 102 cm³/mol. The minimum absolute atomic E-state index is 0.0294. The smallest absolute Gasteiger partial charge is 0.326 e. The lowest BCUT2D eigenvalue weighted by Gasteiger charge is -2.35. The van der Waals surface area contributed by atoms with Crippen LogP contribution in [0.4, 0.5) is 5.69 Å². The Hall–Kier alpha value is -2.53. The molecule has 0 bridgehead atoms. The number of aromatic amines is 1. The Morgan fingerprint density at radius 2 is 1.68 bits per heavy atom. The fourth-order valence-corrected chi connectivity index (χ4v) is 3.64. The van der Waals surface area contributed by atoms with Crippen LogP contribution in [0, 0.1) is 0 Å². The number of para-hydroxylation sites is 3. The molecule has 0 atom stereocenters. The number of hydrogen-bond donors (Lipinski definition) is 1. The third kappa shape index (κ3) is 3.20. The molecule has 2 aromatic carbocycles. The summed E-state index contributed by atoms with van der Waals surface area (Å²) in [6.07, 6.45) is 0.851. The Bertz CT molecular complexity index is 919. The minimum atomic E-state index is -0.0294. The van der Waals surface area contributed by atoms with Gasteiger partial charge in [0.05, 0.1) is 11.0 Å². The number of nitrogens with one attached hydrogen (secondary N) is 1. The second-order valence-corrected chi connectivity index (χ2v) is 6.77. The van der Waals surface area contributed by atoms with Crippen LogP contribution in [0.3, 0.4) is 0 Å². The zero-order valence-corrected chi connectivity index (χ0v) is 14.6. The molecule has 5 heteroatoms. The van der Waals surface area contributed by atoms with Crippen molar-refractivity contribution in [2.45, 2.75) is 13.0 Å². The largest absolute Gasteiger partial charge is 0.369 e. The SMILES string of the molecule is CN1CCN(c2ccccc2CCn2c(=O)[nH]c3ccccc32)CC1. The number of anilines is 1. The summed E-state index contributed by atoms with van der Waals surface area (Å²) in [6, 6.07) is 16.5. The van der Waals surface area contributed by atoms with Crippen LogP contribution in [-0.4, -0.2) is 47.7 Å². The van der Waals surface area contributed by atoms with Gasteiger partial charge in [0.15, 0.2) is 0 Å². The van der Waals surface area contributed by atoms with Gasteiger partial charge in [0.25, 0.3) is 0 Å². The van der Waals surface area contributed by atoms with Crippen LogP contribution in [0.25, 0.3) is 11.0 Å². The Balaban J connectivity index is 1.57. The van der Waals surface area contributed by atoms with Gasteiger partial charge in [-0.1, -0.05) is 30.3 Å². The molecule has 3 aromatic rings. The molecular weight excluding hydrogens is 312 g/mol. The third-order valence-corrected chi connectivity index (χ3v) is 5.12. The van der Waals surface area contributed by atoms with Gasteiger partial charge in [-0.15, -0.1) is 0 Å². The van der Waals surface area contributed by atoms with Crippen LogP contribution >= 0.6 is 0 Å². The second kappa shape index (κ2) is 6.76. The molecule has 4 rings (SSSR count). The van der Waals surface area contributed by atoms with Crippen LogP contribution in [-0.2, 0) is 13.0 Å². The number of likely N-dealkylation sites (N-methyl/N-ethyl adjacent to an activating group) is 1. The average molecular weight is 336 g/mol. The van der Waals surface area contributed by atoms with Crippen molar-refractivity contribution in [3.8, 4) is 0 Å². The highest BCUT2D eigenvalue weighted by atomic mass is 16.1. The molecule has 5 nitrogen and oxygen atoms in total. The monoisotopic (exact) mass is 336 g/mol. The number of benzene rings is 2. The summed E-state index contributed by atoms with van der Waals surface area (Å²) in [4.78, 5) is 20.0. The molecule has 1 fully saturated rings. The van der Waals surface area contributed by atoms with E-state index in [4.69, 9.17) is 0 Å². The molecule has 130 valence electrons. The first-order valence-electron chi connectivity index (χ1n) is 8.91. The van der Waals surface area contributed by atoms with Gasteiger partial charge >= 0.3 is 5.69 Å². The van der Waals surface area contributed by atoms with E-state index in [9.17, 15) is 4.79 Å². The van der Waals surface area contributed by atoms with E-state index >= 15 is 0 Å². The molecule has 1 N–H and O–H groups in total. The van der Waals surface area contributed by atoms with E-state index in [1.165, 1.54) is 11.3 Å². The normalized spacial score (nSPS) is 15.8. The summed E-state index contributed by atoms with van der Waals surface area (Å²) in [5, 5.41) is 0. The number of rotatable bonds is 4. The Kier molecular flexibility index (Phi) is 4.32. The van der Waals surface area contributed by atoms with Gasteiger partial charge in [-0.25, -0.2) is 4.79 Å². The van der Waals surface area contributed by atoms with Crippen molar-refractivity contribution in [1.82, 2.24) is 14.5 Å². The molecule has 0 unspecified atom stereocenters. The first-order chi connectivity index (χ1) is 12.2. The van der Waals surface area contributed by atoms with E-state index in [2.05, 4.69) is 46.1 Å². The van der Waals surface area contributed by atoms with Crippen LogP contribution in [0.5, 0.6) is 0 Å². The predicted octanol–water partition coefficient (Wildman–Crippen LogP) is 2.32. The zero-order valence-electron chi connectivity index (χ0n) is 14.6. The number of fused-ring (bicyclic) bond motifs is 1. The number of piperazine rings is 1. The van der Waals surface area contributed by atoms with Crippen molar-refractivity contribution in [3.05, 3.63) is 64.6 Å². The highest BCUT2D eigenvalue weighted by Gasteiger charge is 2.17. The van der Waals surface area contributed by atoms with Gasteiger partial charge < -0.3 is 14.8 Å². The van der Waals surface area contributed by atoms with Gasteiger partial charge in [0.1, 0.15) is 0 Å². The van der Waals surface area contributed by atoms with E-state index in [-0.39, 0.29) is 5.69 Å². The molecule has 0 saturated carbocycles. The van der Waals surface area contributed by atoms with Gasteiger partial charge in [-0.05, 0) is 37.2 Å². The molecule has 1 aliphatic heterocycles. The quantitative estimate of drug-likeness (QED) is 0.795. The van der Waals surface area contributed by atoms with Gasteiger partial charge in [-0.3, -0.25) is 4.57 Å². The fourth-order valence-electron chi connectivity index (χ4n) is 3.64. The van der Waals surface area contributed by atoms with Crippen molar-refractivity contribution in [2.24, 2.45) is 0 Å². The number of hydrogen-bond acceptors (Lipinski definition) is 3. The summed E-state index contributed by atoms with van der Waals surface area (Å²) in [5.41, 5.74) is 4.47. The van der Waals surface area contributed by atoms with Crippen molar-refractivity contribution in [3.63, 3.8) is 0 Å². The maximum atomic E-state index is 12.3. The van der Waals surface area contributed by atoms with Crippen LogP contribution in [0.1, 0.15) is 5.56 Å². The average Bonchev–Trinajstić information content (AvgIpc) is 2.96. The molecule has 0 aliphatic carbocycles. The lowest BCUT2D eigenvalue weighted by Crippen LogP contribution is -2.44. The summed E-state index contributed by atoms with van der Waals surface area (Å²) in [6.45, 7) is 4.99. The molecule has 25 heavy (non-hydrogen) atoms. The fraction of sp³-hybridized carbons (Fsp3) is 0.350. The summed E-state index contributed by atoms with van der Waals surface area (Å²) < 4.78 is 1.84. The van der Waals surface area contributed by atoms with Crippen molar-refractivity contribution < 1.29 is 0 Å². The molecular formula is C20H24N4O. The summed E-state index contributed by atoms with van der Waals surface area (Å²) >= 11 is 0. The number of aromatic nitrogens is 2. The number of imidazole rings is 1. The van der Waals surface area contributed by atoms with E-state index in [1.807, 2.05) is 28.8 Å². The molecule has 0 amide bonds. The van der Waals surface area contributed by atoms with E-state index in [1.54, 1.807) is 0 Å². The summed E-state index contributed by atoms with van der Waals surface area (Å²) in [5.74, 6) is 0. The van der Waals surface area contributed by atoms with E-state index < -0.39 is 0 Å². The highest BCUT2D eigenvalue weighted by molar-refractivity contribution is 5.74. The highest BCUT2D eigenvalue weighted by Crippen LogP contribution is 2.23. The molecule has 1 aromatic heterocycles. The van der Waals surface area contributed by atoms with E-state index in [0.29, 0.717) is 6.54 Å². The van der Waals surface area contributed by atoms with Gasteiger partial charge in [-0.2, -0.15) is 0 Å². The number of nitrogens with zero attached hydrogens (tertiary/aromatic N) is 3. The molecule has 1 saturated heterocycles. The first-order valence-corrected chi connectivity index (χ1v) is 8.91. The molecule has 0 spiro atoms. The summed E-state index contributed by atoms with van der Waals surface area (Å²) in [7, 11) is 2.17. The topological polar surface area (TPSA) is 44.3 Å². The van der Waals surface area contributed by atoms with Crippen LogP contribution in [0.15, 0.2) is 53.3 Å². The molecule has 2 heterocycles. The first kappa shape index (κ1) is 16.0. The molecule has 1 aliphatic rings. The van der Waals surface area contributed by atoms with Crippen molar-refractivity contribution in [2.75, 3.05) is 38.1 Å². The van der Waals surface area contributed by atoms with Crippen LogP contribution < -0.4 is 10.6 Å². The van der Waals surface area contributed by atoms with Crippen molar-refractivity contribution >= 4 is 16.7 Å². The van der Waals surface area contributed by atoms with E-state index in [0.717, 1.165) is 43.6 Å². The van der Waals surface area contributed by atoms with Crippen molar-refractivity contribution in [1.29, 1.82) is 0 Å². The minimum Gasteiger partial charge on any atom is -0.369 e. The maximum Gasteiger partial charge on any atom is 0.326 e. The van der Waals surface area contributed by atoms with Gasteiger partial charge in [0.2, 0.25) is 0 Å². The Labute approximate surface area is 147 Å². The number of aryl methyl sites for hydroxylation is 2. The second-order valence-electron chi connectivity index (χ2n) is 6.77. The lowest BCUT2D eigenvalue weighted by molar-refractivity contribution is 0.312. The molecule has 0 radical (unpaired) electrons. The standard InChI is InChI=1S/C20H24N4O/c1-22-12-14-23(15-13-22)18-8-4-2-6-16(18)10-11-24-19-9-5-3-7-17(19)21-20(24)25/h2-9H,10-15H2,1H3,(H,21,25). The lowest BCUT2D eigenvalue weighted by atomic mass is 10.1. The maximum absolute atomic E-state index is 12.3. The third-order valence-electron chi connectivity index (χ3n) is 5.12. The van der Waals surface area contributed by atoms with Crippen LogP contribution in [0.2, 0.25) is 0 Å². The zero-order chi connectivity index (χ0) is 17.2. The Morgan fingerprint density at radius 3 is 2.52 bits per heavy atom. The Morgan fingerprint density at radius 1 is 0.960 bits per heavy atom. The number of H-pyrrole nitrogens is 1. The van der Waals surface area contributed by atoms with Gasteiger partial charge in [0, 0.05) is 38.4 Å².